The second-order valence-corrected chi connectivity index (χ2v) is 9.87. The molecular weight excluding hydrogens is 484 g/mol. The van der Waals surface area contributed by atoms with Gasteiger partial charge in [0.15, 0.2) is 0 Å². The molecule has 37 heavy (non-hydrogen) atoms. The zero-order chi connectivity index (χ0) is 25.7. The second-order valence-electron chi connectivity index (χ2n) is 8.93. The first kappa shape index (κ1) is 22.7. The van der Waals surface area contributed by atoms with Crippen molar-refractivity contribution < 1.29 is 9.59 Å². The van der Waals surface area contributed by atoms with Gasteiger partial charge in [-0.1, -0.05) is 24.8 Å². The Morgan fingerprint density at radius 2 is 2.03 bits per heavy atom. The molecule has 0 radical (unpaired) electrons. The van der Waals surface area contributed by atoms with Gasteiger partial charge in [0.05, 0.1) is 27.2 Å². The molecule has 0 unspecified atom stereocenters. The van der Waals surface area contributed by atoms with Crippen molar-refractivity contribution in [3.05, 3.63) is 95.1 Å². The quantitative estimate of drug-likeness (QED) is 0.287. The van der Waals surface area contributed by atoms with E-state index in [9.17, 15) is 9.59 Å². The predicted octanol–water partition coefficient (Wildman–Crippen LogP) is 4.70. The second kappa shape index (κ2) is 8.72. The molecule has 0 saturated carbocycles. The largest absolute Gasteiger partial charge is 0.398 e. The third-order valence-corrected chi connectivity index (χ3v) is 7.49. The number of aromatic nitrogens is 3. The van der Waals surface area contributed by atoms with Crippen LogP contribution in [0.1, 0.15) is 32.0 Å². The Morgan fingerprint density at radius 1 is 1.16 bits per heavy atom. The zero-order valence-electron chi connectivity index (χ0n) is 19.7. The molecule has 0 bridgehead atoms. The maximum absolute atomic E-state index is 13.4. The third-order valence-electron chi connectivity index (χ3n) is 6.62. The van der Waals surface area contributed by atoms with E-state index in [1.54, 1.807) is 34.4 Å². The van der Waals surface area contributed by atoms with Crippen molar-refractivity contribution in [3.8, 4) is 21.7 Å². The van der Waals surface area contributed by atoms with Crippen molar-refractivity contribution in [2.24, 2.45) is 5.73 Å². The van der Waals surface area contributed by atoms with Crippen molar-refractivity contribution in [2.75, 3.05) is 12.3 Å². The molecule has 182 valence electrons. The fourth-order valence-electron chi connectivity index (χ4n) is 4.74. The van der Waals surface area contributed by atoms with Gasteiger partial charge in [0.2, 0.25) is 5.91 Å². The van der Waals surface area contributed by atoms with Crippen LogP contribution in [-0.2, 0) is 6.54 Å². The SMILES string of the molecule is C=C(CN1Cc2c(-c3ccc4[nH]nc(-c5cccs5)c4c3)ccc(N)c2C1=O)c1ccc(C(N)=O)cn1. The third kappa shape index (κ3) is 3.85. The molecule has 1 aliphatic rings. The van der Waals surface area contributed by atoms with Crippen LogP contribution < -0.4 is 11.5 Å². The van der Waals surface area contributed by atoms with Crippen LogP contribution in [0.15, 0.2) is 72.8 Å². The van der Waals surface area contributed by atoms with Crippen molar-refractivity contribution >= 4 is 45.3 Å². The van der Waals surface area contributed by atoms with Gasteiger partial charge in [-0.05, 0) is 64.0 Å². The number of primary amides is 1. The van der Waals surface area contributed by atoms with Crippen LogP contribution in [-0.4, -0.2) is 38.4 Å². The molecule has 0 saturated heterocycles. The number of benzene rings is 2. The number of aromatic amines is 1. The number of nitrogens with zero attached hydrogens (tertiary/aromatic N) is 3. The lowest BCUT2D eigenvalue weighted by atomic mass is 9.94. The average molecular weight is 507 g/mol. The zero-order valence-corrected chi connectivity index (χ0v) is 20.5. The van der Waals surface area contributed by atoms with Gasteiger partial charge in [0.1, 0.15) is 5.69 Å². The lowest BCUT2D eigenvalue weighted by Crippen LogP contribution is -2.26. The smallest absolute Gasteiger partial charge is 0.256 e. The van der Waals surface area contributed by atoms with Crippen LogP contribution in [0.5, 0.6) is 0 Å². The fourth-order valence-corrected chi connectivity index (χ4v) is 5.47. The Balaban J connectivity index is 1.33. The minimum atomic E-state index is -0.547. The number of thiophene rings is 1. The first-order valence-corrected chi connectivity index (χ1v) is 12.5. The minimum absolute atomic E-state index is 0.145. The van der Waals surface area contributed by atoms with Gasteiger partial charge in [0, 0.05) is 30.4 Å². The number of nitrogens with two attached hydrogens (primary N) is 2. The van der Waals surface area contributed by atoms with Crippen molar-refractivity contribution in [1.29, 1.82) is 0 Å². The minimum Gasteiger partial charge on any atom is -0.398 e. The first-order valence-electron chi connectivity index (χ1n) is 11.6. The van der Waals surface area contributed by atoms with E-state index in [4.69, 9.17) is 11.5 Å². The normalized spacial score (nSPS) is 12.8. The highest BCUT2D eigenvalue weighted by Crippen LogP contribution is 2.39. The molecule has 8 nitrogen and oxygen atoms in total. The van der Waals surface area contributed by atoms with Crippen LogP contribution >= 0.6 is 11.3 Å². The molecule has 0 atom stereocenters. The van der Waals surface area contributed by atoms with E-state index in [-0.39, 0.29) is 12.5 Å². The summed E-state index contributed by atoms with van der Waals surface area (Å²) in [6.45, 7) is 4.79. The monoisotopic (exact) mass is 506 g/mol. The summed E-state index contributed by atoms with van der Waals surface area (Å²) in [6.07, 6.45) is 1.41. The number of carbonyl (C=O) groups is 2. The Hall–Kier alpha value is -4.76. The first-order chi connectivity index (χ1) is 17.9. The molecule has 5 aromatic rings. The van der Waals surface area contributed by atoms with E-state index in [2.05, 4.69) is 27.8 Å². The number of rotatable bonds is 6. The summed E-state index contributed by atoms with van der Waals surface area (Å²) < 4.78 is 0. The molecule has 0 aliphatic carbocycles. The molecule has 2 amide bonds. The van der Waals surface area contributed by atoms with E-state index >= 15 is 0 Å². The van der Waals surface area contributed by atoms with Gasteiger partial charge in [0.25, 0.3) is 5.91 Å². The van der Waals surface area contributed by atoms with Gasteiger partial charge in [-0.25, -0.2) is 0 Å². The maximum Gasteiger partial charge on any atom is 0.256 e. The highest BCUT2D eigenvalue weighted by atomic mass is 32.1. The van der Waals surface area contributed by atoms with E-state index < -0.39 is 5.91 Å². The molecular formula is C28H22N6O2S. The van der Waals surface area contributed by atoms with Gasteiger partial charge < -0.3 is 16.4 Å². The molecule has 3 aromatic heterocycles. The number of amides is 2. The molecule has 5 N–H and O–H groups in total. The van der Waals surface area contributed by atoms with Gasteiger partial charge in [-0.15, -0.1) is 11.3 Å². The highest BCUT2D eigenvalue weighted by Gasteiger charge is 2.32. The lowest BCUT2D eigenvalue weighted by molar-refractivity contribution is 0.0799. The van der Waals surface area contributed by atoms with Gasteiger partial charge >= 0.3 is 0 Å². The van der Waals surface area contributed by atoms with Crippen LogP contribution in [0.2, 0.25) is 0 Å². The fraction of sp³-hybridized carbons (Fsp3) is 0.0714. The number of nitrogen functional groups attached to an aromatic ring is 1. The Labute approximate surface area is 216 Å². The highest BCUT2D eigenvalue weighted by molar-refractivity contribution is 7.13. The number of hydrogen-bond acceptors (Lipinski definition) is 6. The summed E-state index contributed by atoms with van der Waals surface area (Å²) in [5.74, 6) is -0.693. The average Bonchev–Trinajstić information content (AvgIpc) is 3.64. The molecule has 1 aliphatic heterocycles. The van der Waals surface area contributed by atoms with Gasteiger partial charge in [-0.3, -0.25) is 19.7 Å². The summed E-state index contributed by atoms with van der Waals surface area (Å²) in [7, 11) is 0. The standard InChI is InChI=1S/C28H22N6O2S/c1-15(22-8-5-17(12-31-22)27(30)35)13-34-14-20-18(6-7-21(29)25(20)28(34)36)16-4-9-23-19(11-16)26(33-32-23)24-3-2-10-37-24/h2-12H,1,13-14,29H2,(H2,30,35)(H,32,33). The Kier molecular flexibility index (Phi) is 5.35. The Bertz CT molecular complexity index is 1700. The molecule has 0 fully saturated rings. The van der Waals surface area contributed by atoms with Crippen molar-refractivity contribution in [1.82, 2.24) is 20.1 Å². The summed E-state index contributed by atoms with van der Waals surface area (Å²) >= 11 is 1.64. The number of carbonyl (C=O) groups excluding carboxylic acids is 2. The van der Waals surface area contributed by atoms with E-state index in [1.165, 1.54) is 6.20 Å². The molecule has 4 heterocycles. The van der Waals surface area contributed by atoms with Crippen LogP contribution in [0.4, 0.5) is 5.69 Å². The van der Waals surface area contributed by atoms with E-state index in [0.717, 1.165) is 38.2 Å². The maximum atomic E-state index is 13.4. The van der Waals surface area contributed by atoms with E-state index in [0.29, 0.717) is 34.6 Å². The number of anilines is 1. The number of hydrogen-bond donors (Lipinski definition) is 3. The van der Waals surface area contributed by atoms with Crippen LogP contribution in [0.25, 0.3) is 38.2 Å². The molecule has 6 rings (SSSR count). The predicted molar refractivity (Wildman–Crippen MR) is 146 cm³/mol. The van der Waals surface area contributed by atoms with Crippen molar-refractivity contribution in [3.63, 3.8) is 0 Å². The summed E-state index contributed by atoms with van der Waals surface area (Å²) in [5, 5.41) is 10.7. The number of H-pyrrole nitrogens is 1. The lowest BCUT2D eigenvalue weighted by Gasteiger charge is -2.17. The van der Waals surface area contributed by atoms with Crippen LogP contribution in [0, 0.1) is 0 Å². The van der Waals surface area contributed by atoms with E-state index in [1.807, 2.05) is 35.7 Å². The topological polar surface area (TPSA) is 131 Å². The number of nitrogens with one attached hydrogen (secondary N) is 1. The number of pyridine rings is 1. The van der Waals surface area contributed by atoms with Crippen LogP contribution in [0.3, 0.4) is 0 Å². The molecule has 0 spiro atoms. The Morgan fingerprint density at radius 3 is 2.76 bits per heavy atom. The summed E-state index contributed by atoms with van der Waals surface area (Å²) in [6, 6.07) is 17.2. The molecule has 9 heteroatoms. The van der Waals surface area contributed by atoms with Crippen molar-refractivity contribution in [2.45, 2.75) is 6.54 Å². The summed E-state index contributed by atoms with van der Waals surface area (Å²) in [5.41, 5.74) is 18.8. The molecule has 2 aromatic carbocycles. The summed E-state index contributed by atoms with van der Waals surface area (Å²) in [4.78, 5) is 31.8. The number of fused-ring (bicyclic) bond motifs is 2. The van der Waals surface area contributed by atoms with Gasteiger partial charge in [-0.2, -0.15) is 5.10 Å².